The molecule has 1 aromatic carbocycles. The molecule has 1 amide bonds. The summed E-state index contributed by atoms with van der Waals surface area (Å²) in [6, 6.07) is 4.53. The summed E-state index contributed by atoms with van der Waals surface area (Å²) in [5.74, 6) is -0.0544. The van der Waals surface area contributed by atoms with E-state index >= 15 is 0 Å². The van der Waals surface area contributed by atoms with Crippen molar-refractivity contribution in [2.45, 2.75) is 19.0 Å². The molecular weight excluding hydrogens is 347 g/mol. The van der Waals surface area contributed by atoms with Crippen molar-refractivity contribution in [3.8, 4) is 11.5 Å². The quantitative estimate of drug-likeness (QED) is 0.821. The zero-order chi connectivity index (χ0) is 17.6. The molecule has 0 saturated carbocycles. The smallest absolute Gasteiger partial charge is 0.422 e. The average Bonchev–Trinajstić information content (AvgIpc) is 3.03. The summed E-state index contributed by atoms with van der Waals surface area (Å²) >= 11 is 1.21. The SMILES string of the molecule is COc1cc(CCC(=O)Nc2nncs2)ccc1OCC(F)(F)F. The number of nitrogens with one attached hydrogen (secondary N) is 1. The third kappa shape index (κ3) is 5.69. The standard InChI is InChI=1S/C14H14F3N3O3S/c1-22-11-6-9(2-4-10(11)23-7-14(15,16)17)3-5-12(21)19-13-20-18-8-24-13/h2,4,6,8H,3,5,7H2,1H3,(H,19,20,21). The molecular formula is C14H14F3N3O3S. The lowest BCUT2D eigenvalue weighted by Gasteiger charge is -2.13. The number of carbonyl (C=O) groups is 1. The van der Waals surface area contributed by atoms with Gasteiger partial charge in [-0.3, -0.25) is 4.79 Å². The second kappa shape index (κ2) is 7.95. The Hall–Kier alpha value is -2.36. The minimum Gasteiger partial charge on any atom is -0.493 e. The molecule has 0 aliphatic heterocycles. The normalized spacial score (nSPS) is 11.2. The fourth-order valence-electron chi connectivity index (χ4n) is 1.81. The third-order valence-corrected chi connectivity index (χ3v) is 3.47. The zero-order valence-corrected chi connectivity index (χ0v) is 13.4. The molecule has 1 aromatic heterocycles. The fourth-order valence-corrected chi connectivity index (χ4v) is 2.27. The molecule has 0 radical (unpaired) electrons. The summed E-state index contributed by atoms with van der Waals surface area (Å²) < 4.78 is 46.3. The van der Waals surface area contributed by atoms with Crippen LogP contribution in [0.2, 0.25) is 0 Å². The van der Waals surface area contributed by atoms with Gasteiger partial charge in [-0.1, -0.05) is 17.4 Å². The van der Waals surface area contributed by atoms with Crippen molar-refractivity contribution in [3.63, 3.8) is 0 Å². The first kappa shape index (κ1) is 18.0. The Labute approximate surface area is 139 Å². The molecule has 0 spiro atoms. The predicted molar refractivity (Wildman–Crippen MR) is 81.4 cm³/mol. The number of benzene rings is 1. The van der Waals surface area contributed by atoms with Gasteiger partial charge in [-0.2, -0.15) is 13.2 Å². The fraction of sp³-hybridized carbons (Fsp3) is 0.357. The number of hydrogen-bond acceptors (Lipinski definition) is 6. The van der Waals surface area contributed by atoms with Crippen LogP contribution in [0.5, 0.6) is 11.5 Å². The molecule has 130 valence electrons. The zero-order valence-electron chi connectivity index (χ0n) is 12.6. The number of hydrogen-bond donors (Lipinski definition) is 1. The minimum absolute atomic E-state index is 0.00288. The van der Waals surface area contributed by atoms with Gasteiger partial charge in [0.15, 0.2) is 18.1 Å². The van der Waals surface area contributed by atoms with Gasteiger partial charge in [-0.15, -0.1) is 10.2 Å². The number of ether oxygens (including phenoxy) is 2. The molecule has 6 nitrogen and oxygen atoms in total. The summed E-state index contributed by atoms with van der Waals surface area (Å²) in [6.07, 6.45) is -3.85. The minimum atomic E-state index is -4.42. The Morgan fingerprint density at radius 3 is 2.75 bits per heavy atom. The number of rotatable bonds is 7. The van der Waals surface area contributed by atoms with Gasteiger partial charge < -0.3 is 14.8 Å². The van der Waals surface area contributed by atoms with Gasteiger partial charge in [0.05, 0.1) is 7.11 Å². The van der Waals surface area contributed by atoms with Gasteiger partial charge in [-0.05, 0) is 24.1 Å². The van der Waals surface area contributed by atoms with E-state index in [4.69, 9.17) is 9.47 Å². The largest absolute Gasteiger partial charge is 0.493 e. The second-order valence-corrected chi connectivity index (χ2v) is 5.51. The molecule has 0 atom stereocenters. The predicted octanol–water partition coefficient (Wildman–Crippen LogP) is 3.06. The van der Waals surface area contributed by atoms with Crippen LogP contribution in [0.1, 0.15) is 12.0 Å². The van der Waals surface area contributed by atoms with Crippen molar-refractivity contribution >= 4 is 22.4 Å². The number of aromatic nitrogens is 2. The van der Waals surface area contributed by atoms with Crippen LogP contribution >= 0.6 is 11.3 Å². The van der Waals surface area contributed by atoms with Gasteiger partial charge in [0, 0.05) is 6.42 Å². The van der Waals surface area contributed by atoms with Crippen LogP contribution in [0.25, 0.3) is 0 Å². The first-order valence-electron chi connectivity index (χ1n) is 6.80. The maximum absolute atomic E-state index is 12.2. The van der Waals surface area contributed by atoms with Gasteiger partial charge in [0.25, 0.3) is 0 Å². The number of alkyl halides is 3. The molecule has 1 heterocycles. The Morgan fingerprint density at radius 1 is 1.33 bits per heavy atom. The van der Waals surface area contributed by atoms with Crippen LogP contribution in [0, 0.1) is 0 Å². The first-order valence-corrected chi connectivity index (χ1v) is 7.68. The molecule has 0 fully saturated rings. The highest BCUT2D eigenvalue weighted by Crippen LogP contribution is 2.30. The van der Waals surface area contributed by atoms with E-state index in [2.05, 4.69) is 15.5 Å². The number of halogens is 3. The molecule has 2 aromatic rings. The number of methoxy groups -OCH3 is 1. The highest BCUT2D eigenvalue weighted by atomic mass is 32.1. The summed E-state index contributed by atoms with van der Waals surface area (Å²) in [5, 5.41) is 10.3. The van der Waals surface area contributed by atoms with Crippen molar-refractivity contribution in [3.05, 3.63) is 29.3 Å². The molecule has 0 unspecified atom stereocenters. The molecule has 0 saturated heterocycles. The number of aryl methyl sites for hydroxylation is 1. The maximum atomic E-state index is 12.2. The van der Waals surface area contributed by atoms with E-state index in [0.29, 0.717) is 11.6 Å². The number of amides is 1. The summed E-state index contributed by atoms with van der Waals surface area (Å²) in [7, 11) is 1.34. The maximum Gasteiger partial charge on any atom is 0.422 e. The Morgan fingerprint density at radius 2 is 2.12 bits per heavy atom. The van der Waals surface area contributed by atoms with Crippen molar-refractivity contribution in [1.82, 2.24) is 10.2 Å². The molecule has 10 heteroatoms. The highest BCUT2D eigenvalue weighted by Gasteiger charge is 2.29. The third-order valence-electron chi connectivity index (χ3n) is 2.87. The van der Waals surface area contributed by atoms with Crippen molar-refractivity contribution in [2.75, 3.05) is 19.0 Å². The van der Waals surface area contributed by atoms with Crippen LogP contribution in [-0.4, -0.2) is 36.0 Å². The van der Waals surface area contributed by atoms with E-state index in [1.807, 2.05) is 0 Å². The van der Waals surface area contributed by atoms with Gasteiger partial charge in [-0.25, -0.2) is 0 Å². The average molecular weight is 361 g/mol. The van der Waals surface area contributed by atoms with Gasteiger partial charge in [0.1, 0.15) is 5.51 Å². The summed E-state index contributed by atoms with van der Waals surface area (Å²) in [5.41, 5.74) is 2.23. The summed E-state index contributed by atoms with van der Waals surface area (Å²) in [4.78, 5) is 11.8. The molecule has 0 bridgehead atoms. The number of nitrogens with zero attached hydrogens (tertiary/aromatic N) is 2. The molecule has 2 rings (SSSR count). The number of anilines is 1. The second-order valence-electron chi connectivity index (χ2n) is 4.68. The van der Waals surface area contributed by atoms with Gasteiger partial charge >= 0.3 is 6.18 Å². The number of carbonyl (C=O) groups excluding carboxylic acids is 1. The van der Waals surface area contributed by atoms with Crippen molar-refractivity contribution in [2.24, 2.45) is 0 Å². The molecule has 24 heavy (non-hydrogen) atoms. The van der Waals surface area contributed by atoms with Crippen LogP contribution in [0.15, 0.2) is 23.7 Å². The van der Waals surface area contributed by atoms with E-state index in [-0.39, 0.29) is 23.8 Å². The van der Waals surface area contributed by atoms with E-state index in [1.165, 1.54) is 30.0 Å². The van der Waals surface area contributed by atoms with E-state index in [0.717, 1.165) is 5.56 Å². The Bertz CT molecular complexity index is 678. The Balaban J connectivity index is 1.92. The van der Waals surface area contributed by atoms with E-state index in [9.17, 15) is 18.0 Å². The lowest BCUT2D eigenvalue weighted by Crippen LogP contribution is -2.19. The van der Waals surface area contributed by atoms with E-state index < -0.39 is 12.8 Å². The first-order chi connectivity index (χ1) is 11.4. The highest BCUT2D eigenvalue weighted by molar-refractivity contribution is 7.13. The van der Waals surface area contributed by atoms with Gasteiger partial charge in [0.2, 0.25) is 11.0 Å². The lowest BCUT2D eigenvalue weighted by molar-refractivity contribution is -0.153. The monoisotopic (exact) mass is 361 g/mol. The molecule has 0 aliphatic carbocycles. The van der Waals surface area contributed by atoms with E-state index in [1.54, 1.807) is 12.1 Å². The Kier molecular flexibility index (Phi) is 5.96. The lowest BCUT2D eigenvalue weighted by atomic mass is 10.1. The van der Waals surface area contributed by atoms with Crippen molar-refractivity contribution < 1.29 is 27.4 Å². The van der Waals surface area contributed by atoms with Crippen LogP contribution in [0.4, 0.5) is 18.3 Å². The van der Waals surface area contributed by atoms with Crippen LogP contribution in [0.3, 0.4) is 0 Å². The topological polar surface area (TPSA) is 73.3 Å². The molecule has 0 aliphatic rings. The van der Waals surface area contributed by atoms with Crippen LogP contribution in [-0.2, 0) is 11.2 Å². The van der Waals surface area contributed by atoms with Crippen LogP contribution < -0.4 is 14.8 Å². The summed E-state index contributed by atoms with van der Waals surface area (Å²) in [6.45, 7) is -1.40. The van der Waals surface area contributed by atoms with Crippen molar-refractivity contribution in [1.29, 1.82) is 0 Å². The molecule has 1 N–H and O–H groups in total.